The number of nitrogens with zero attached hydrogens (tertiary/aromatic N) is 3. The van der Waals surface area contributed by atoms with Crippen LogP contribution in [0.25, 0.3) is 0 Å². The number of halogens is 3. The fourth-order valence-corrected chi connectivity index (χ4v) is 4.31. The van der Waals surface area contributed by atoms with Gasteiger partial charge in [-0.2, -0.15) is 13.2 Å². The molecule has 0 unspecified atom stereocenters. The summed E-state index contributed by atoms with van der Waals surface area (Å²) in [6.07, 6.45) is 1.07. The first kappa shape index (κ1) is 23.3. The summed E-state index contributed by atoms with van der Waals surface area (Å²) in [5.41, 5.74) is -0.842. The molecule has 0 saturated carbocycles. The molecule has 0 amide bonds. The molecule has 1 aliphatic rings. The molecule has 1 atom stereocenters. The Labute approximate surface area is 180 Å². The van der Waals surface area contributed by atoms with Gasteiger partial charge in [-0.25, -0.2) is 18.4 Å². The quantitative estimate of drug-likeness (QED) is 0.620. The molecular formula is C21H26F3N3O3S. The molecule has 0 spiro atoms. The second-order valence-corrected chi connectivity index (χ2v) is 9.97. The van der Waals surface area contributed by atoms with Gasteiger partial charge in [-0.3, -0.25) is 0 Å². The van der Waals surface area contributed by atoms with Crippen LogP contribution in [0, 0.1) is 11.8 Å². The molecule has 2 aromatic rings. The summed E-state index contributed by atoms with van der Waals surface area (Å²) in [6.45, 7) is 4.11. The molecule has 0 radical (unpaired) electrons. The van der Waals surface area contributed by atoms with E-state index < -0.39 is 21.6 Å². The maximum atomic E-state index is 12.6. The third-order valence-electron chi connectivity index (χ3n) is 5.69. The van der Waals surface area contributed by atoms with Gasteiger partial charge in [-0.05, 0) is 55.4 Å². The largest absolute Gasteiger partial charge is 0.494 e. The number of hydrogen-bond acceptors (Lipinski definition) is 6. The molecule has 0 aliphatic carbocycles. The van der Waals surface area contributed by atoms with Crippen molar-refractivity contribution in [2.45, 2.75) is 37.3 Å². The predicted molar refractivity (Wildman–Crippen MR) is 111 cm³/mol. The van der Waals surface area contributed by atoms with Crippen LogP contribution in [0.3, 0.4) is 0 Å². The Kier molecular flexibility index (Phi) is 7.08. The van der Waals surface area contributed by atoms with E-state index in [1.54, 1.807) is 12.1 Å². The number of anilines is 1. The van der Waals surface area contributed by atoms with Gasteiger partial charge in [0, 0.05) is 31.7 Å². The van der Waals surface area contributed by atoms with Crippen molar-refractivity contribution < 1.29 is 26.3 Å². The van der Waals surface area contributed by atoms with E-state index in [9.17, 15) is 21.6 Å². The van der Waals surface area contributed by atoms with Crippen molar-refractivity contribution >= 4 is 15.8 Å². The van der Waals surface area contributed by atoms with Crippen LogP contribution in [0.15, 0.2) is 41.6 Å². The van der Waals surface area contributed by atoms with E-state index in [0.717, 1.165) is 31.7 Å². The van der Waals surface area contributed by atoms with Crippen molar-refractivity contribution in [3.8, 4) is 5.75 Å². The van der Waals surface area contributed by atoms with E-state index in [1.807, 2.05) is 4.90 Å². The van der Waals surface area contributed by atoms with Gasteiger partial charge in [-0.1, -0.05) is 6.92 Å². The van der Waals surface area contributed by atoms with Crippen molar-refractivity contribution in [1.29, 1.82) is 0 Å². The van der Waals surface area contributed by atoms with Crippen LogP contribution < -0.4 is 9.64 Å². The number of benzene rings is 1. The third-order valence-corrected chi connectivity index (χ3v) is 6.82. The molecule has 1 saturated heterocycles. The topological polar surface area (TPSA) is 72.4 Å². The van der Waals surface area contributed by atoms with Gasteiger partial charge in [0.15, 0.2) is 9.84 Å². The molecule has 10 heteroatoms. The summed E-state index contributed by atoms with van der Waals surface area (Å²) in [4.78, 5) is 9.94. The molecule has 6 nitrogen and oxygen atoms in total. The minimum atomic E-state index is -4.43. The zero-order valence-corrected chi connectivity index (χ0v) is 18.3. The SMILES string of the molecule is C[C@H](CCOc1ccc(S(C)(=O)=O)cc1)C1CCN(c2ncc(C(F)(F)F)cn2)CC1. The summed E-state index contributed by atoms with van der Waals surface area (Å²) in [5, 5.41) is 0. The van der Waals surface area contributed by atoms with Gasteiger partial charge in [0.1, 0.15) is 5.75 Å². The molecule has 1 fully saturated rings. The zero-order valence-electron chi connectivity index (χ0n) is 17.5. The lowest BCUT2D eigenvalue weighted by Gasteiger charge is -2.35. The van der Waals surface area contributed by atoms with Gasteiger partial charge in [0.25, 0.3) is 0 Å². The Hall–Kier alpha value is -2.36. The van der Waals surface area contributed by atoms with E-state index in [1.165, 1.54) is 18.4 Å². The number of sulfone groups is 1. The van der Waals surface area contributed by atoms with Gasteiger partial charge in [0.05, 0.1) is 17.1 Å². The van der Waals surface area contributed by atoms with Gasteiger partial charge >= 0.3 is 6.18 Å². The average molecular weight is 458 g/mol. The van der Waals surface area contributed by atoms with Crippen molar-refractivity contribution in [1.82, 2.24) is 9.97 Å². The fourth-order valence-electron chi connectivity index (χ4n) is 3.68. The zero-order chi connectivity index (χ0) is 22.6. The minimum Gasteiger partial charge on any atom is -0.494 e. The fraction of sp³-hybridized carbons (Fsp3) is 0.524. The molecule has 1 aromatic heterocycles. The summed E-state index contributed by atoms with van der Waals surface area (Å²) < 4.78 is 66.7. The van der Waals surface area contributed by atoms with Crippen LogP contribution in [0.2, 0.25) is 0 Å². The van der Waals surface area contributed by atoms with E-state index in [0.29, 0.717) is 43.2 Å². The van der Waals surface area contributed by atoms with Crippen LogP contribution >= 0.6 is 0 Å². The van der Waals surface area contributed by atoms with Crippen LogP contribution in [0.5, 0.6) is 5.75 Å². The molecule has 2 heterocycles. The molecule has 3 rings (SSSR count). The number of ether oxygens (including phenoxy) is 1. The monoisotopic (exact) mass is 457 g/mol. The first-order valence-electron chi connectivity index (χ1n) is 10.1. The van der Waals surface area contributed by atoms with Crippen LogP contribution in [-0.4, -0.2) is 44.3 Å². The van der Waals surface area contributed by atoms with Crippen molar-refractivity contribution in [2.75, 3.05) is 30.9 Å². The normalized spacial score (nSPS) is 16.9. The highest BCUT2D eigenvalue weighted by atomic mass is 32.2. The number of piperidine rings is 1. The van der Waals surface area contributed by atoms with E-state index >= 15 is 0 Å². The number of rotatable bonds is 7. The van der Waals surface area contributed by atoms with Gasteiger partial charge in [-0.15, -0.1) is 0 Å². The molecule has 0 bridgehead atoms. The molecule has 0 N–H and O–H groups in total. The second-order valence-electron chi connectivity index (χ2n) is 7.95. The number of hydrogen-bond donors (Lipinski definition) is 0. The Bertz CT molecular complexity index is 956. The maximum Gasteiger partial charge on any atom is 0.419 e. The highest BCUT2D eigenvalue weighted by molar-refractivity contribution is 7.90. The predicted octanol–water partition coefficient (Wildman–Crippen LogP) is 4.22. The Morgan fingerprint density at radius 3 is 2.23 bits per heavy atom. The van der Waals surface area contributed by atoms with Crippen LogP contribution in [0.1, 0.15) is 31.7 Å². The molecule has 31 heavy (non-hydrogen) atoms. The standard InChI is InChI=1S/C21H26F3N3O3S/c1-15(9-12-30-18-3-5-19(6-4-18)31(2,28)29)16-7-10-27(11-8-16)20-25-13-17(14-26-20)21(22,23)24/h3-6,13-16H,7-12H2,1-2H3/t15-/m1/s1. The van der Waals surface area contributed by atoms with Gasteiger partial charge < -0.3 is 9.64 Å². The highest BCUT2D eigenvalue weighted by Gasteiger charge is 2.32. The first-order chi connectivity index (χ1) is 14.5. The second kappa shape index (κ2) is 9.42. The van der Waals surface area contributed by atoms with Crippen LogP contribution in [0.4, 0.5) is 19.1 Å². The molecular weight excluding hydrogens is 431 g/mol. The van der Waals surface area contributed by atoms with E-state index in [4.69, 9.17) is 4.74 Å². The lowest BCUT2D eigenvalue weighted by atomic mass is 9.84. The van der Waals surface area contributed by atoms with Crippen molar-refractivity contribution in [3.63, 3.8) is 0 Å². The maximum absolute atomic E-state index is 12.6. The summed E-state index contributed by atoms with van der Waals surface area (Å²) >= 11 is 0. The molecule has 1 aromatic carbocycles. The number of alkyl halides is 3. The van der Waals surface area contributed by atoms with E-state index in [-0.39, 0.29) is 4.90 Å². The lowest BCUT2D eigenvalue weighted by molar-refractivity contribution is -0.138. The summed E-state index contributed by atoms with van der Waals surface area (Å²) in [6, 6.07) is 6.38. The Morgan fingerprint density at radius 2 is 1.71 bits per heavy atom. The average Bonchev–Trinajstić information content (AvgIpc) is 2.73. The Balaban J connectivity index is 1.43. The smallest absolute Gasteiger partial charge is 0.419 e. The highest BCUT2D eigenvalue weighted by Crippen LogP contribution is 2.31. The van der Waals surface area contributed by atoms with Crippen LogP contribution in [-0.2, 0) is 16.0 Å². The van der Waals surface area contributed by atoms with Crippen molar-refractivity contribution in [2.24, 2.45) is 11.8 Å². The van der Waals surface area contributed by atoms with E-state index in [2.05, 4.69) is 16.9 Å². The minimum absolute atomic E-state index is 0.261. The third kappa shape index (κ3) is 6.32. The Morgan fingerprint density at radius 1 is 1.13 bits per heavy atom. The lowest BCUT2D eigenvalue weighted by Crippen LogP contribution is -2.37. The molecule has 170 valence electrons. The summed E-state index contributed by atoms with van der Waals surface area (Å²) in [5.74, 6) is 1.88. The molecule has 1 aliphatic heterocycles. The first-order valence-corrected chi connectivity index (χ1v) is 12.0. The van der Waals surface area contributed by atoms with Crippen molar-refractivity contribution in [3.05, 3.63) is 42.2 Å². The van der Waals surface area contributed by atoms with Gasteiger partial charge in [0.2, 0.25) is 5.95 Å². The summed E-state index contributed by atoms with van der Waals surface area (Å²) in [7, 11) is -3.22. The number of aromatic nitrogens is 2.